The maximum absolute atomic E-state index is 11.6. The number of hydrogen-bond acceptors (Lipinski definition) is 4. The van der Waals surface area contributed by atoms with E-state index in [2.05, 4.69) is 9.88 Å². The average molecular weight is 212 g/mol. The van der Waals surface area contributed by atoms with Crippen molar-refractivity contribution in [1.29, 1.82) is 0 Å². The lowest BCUT2D eigenvalue weighted by Gasteiger charge is -2.07. The molecule has 0 spiro atoms. The van der Waals surface area contributed by atoms with Gasteiger partial charge in [-0.3, -0.25) is 4.79 Å². The first-order chi connectivity index (χ1) is 6.59. The number of Topliss-reactive ketones (excluding diaryl/α,β-unsaturated/α-hetero) is 1. The molecular weight excluding hydrogens is 196 g/mol. The summed E-state index contributed by atoms with van der Waals surface area (Å²) >= 11 is 1.48. The summed E-state index contributed by atoms with van der Waals surface area (Å²) in [7, 11) is 4.02. The van der Waals surface area contributed by atoms with Crippen LogP contribution in [-0.4, -0.2) is 36.3 Å². The first kappa shape index (κ1) is 11.3. The highest BCUT2D eigenvalue weighted by molar-refractivity contribution is 7.13. The average Bonchev–Trinajstić information content (AvgIpc) is 2.51. The number of rotatable bonds is 5. The Bertz CT molecular complexity index is 307. The normalized spacial score (nSPS) is 10.9. The number of carbonyl (C=O) groups is 1. The van der Waals surface area contributed by atoms with Crippen LogP contribution in [0.5, 0.6) is 0 Å². The molecule has 1 rings (SSSR count). The number of thiazole rings is 1. The molecule has 1 aromatic heterocycles. The molecule has 0 aliphatic carbocycles. The van der Waals surface area contributed by atoms with E-state index in [0.717, 1.165) is 17.8 Å². The lowest BCUT2D eigenvalue weighted by atomic mass is 10.2. The van der Waals surface area contributed by atoms with Gasteiger partial charge in [0.1, 0.15) is 0 Å². The fraction of sp³-hybridized carbons (Fsp3) is 0.600. The molecule has 0 fully saturated rings. The van der Waals surface area contributed by atoms with Crippen LogP contribution < -0.4 is 0 Å². The highest BCUT2D eigenvalue weighted by atomic mass is 32.1. The number of ketones is 1. The predicted octanol–water partition coefficient (Wildman–Crippen LogP) is 1.98. The Hall–Kier alpha value is -0.740. The monoisotopic (exact) mass is 212 g/mol. The van der Waals surface area contributed by atoms with Crippen LogP contribution in [0, 0.1) is 6.92 Å². The predicted molar refractivity (Wildman–Crippen MR) is 59.0 cm³/mol. The second kappa shape index (κ2) is 5.22. The molecule has 0 aromatic carbocycles. The standard InChI is InChI=1S/C10H16N2OS/c1-8-7-11-10(14-8)9(13)5-4-6-12(2)3/h7H,4-6H2,1-3H3. The van der Waals surface area contributed by atoms with Crippen molar-refractivity contribution < 1.29 is 4.79 Å². The molecule has 0 bridgehead atoms. The summed E-state index contributed by atoms with van der Waals surface area (Å²) in [4.78, 5) is 18.8. The first-order valence-corrected chi connectivity index (χ1v) is 5.51. The number of aromatic nitrogens is 1. The molecule has 0 aliphatic rings. The van der Waals surface area contributed by atoms with Crippen LogP contribution >= 0.6 is 11.3 Å². The summed E-state index contributed by atoms with van der Waals surface area (Å²) in [5, 5.41) is 0.654. The minimum absolute atomic E-state index is 0.171. The zero-order chi connectivity index (χ0) is 10.6. The van der Waals surface area contributed by atoms with Crippen molar-refractivity contribution in [3.8, 4) is 0 Å². The van der Waals surface area contributed by atoms with Crippen molar-refractivity contribution in [1.82, 2.24) is 9.88 Å². The highest BCUT2D eigenvalue weighted by Gasteiger charge is 2.09. The van der Waals surface area contributed by atoms with Gasteiger partial charge in [-0.05, 0) is 34.0 Å². The quantitative estimate of drug-likeness (QED) is 0.700. The van der Waals surface area contributed by atoms with Crippen molar-refractivity contribution in [2.24, 2.45) is 0 Å². The van der Waals surface area contributed by atoms with E-state index in [1.54, 1.807) is 6.20 Å². The summed E-state index contributed by atoms with van der Waals surface area (Å²) in [6.07, 6.45) is 3.26. The summed E-state index contributed by atoms with van der Waals surface area (Å²) in [5.41, 5.74) is 0. The Morgan fingerprint density at radius 1 is 1.57 bits per heavy atom. The van der Waals surface area contributed by atoms with E-state index in [0.29, 0.717) is 11.4 Å². The second-order valence-corrected chi connectivity index (χ2v) is 4.84. The molecule has 0 atom stereocenters. The van der Waals surface area contributed by atoms with Gasteiger partial charge in [0.2, 0.25) is 0 Å². The number of carbonyl (C=O) groups excluding carboxylic acids is 1. The van der Waals surface area contributed by atoms with Gasteiger partial charge in [0.05, 0.1) is 0 Å². The van der Waals surface area contributed by atoms with E-state index in [1.165, 1.54) is 11.3 Å². The molecule has 3 nitrogen and oxygen atoms in total. The third-order valence-corrected chi connectivity index (χ3v) is 2.82. The molecule has 14 heavy (non-hydrogen) atoms. The van der Waals surface area contributed by atoms with Gasteiger partial charge in [-0.1, -0.05) is 0 Å². The highest BCUT2D eigenvalue weighted by Crippen LogP contribution is 2.13. The maximum Gasteiger partial charge on any atom is 0.191 e. The molecular formula is C10H16N2OS. The number of aryl methyl sites for hydroxylation is 1. The molecule has 0 saturated heterocycles. The van der Waals surface area contributed by atoms with Crippen molar-refractivity contribution in [2.45, 2.75) is 19.8 Å². The Morgan fingerprint density at radius 2 is 2.29 bits per heavy atom. The Kier molecular flexibility index (Phi) is 4.22. The van der Waals surface area contributed by atoms with E-state index >= 15 is 0 Å². The van der Waals surface area contributed by atoms with Crippen LogP contribution in [0.25, 0.3) is 0 Å². The summed E-state index contributed by atoms with van der Waals surface area (Å²) < 4.78 is 0. The Morgan fingerprint density at radius 3 is 2.79 bits per heavy atom. The van der Waals surface area contributed by atoms with Gasteiger partial charge in [-0.15, -0.1) is 11.3 Å². The third kappa shape index (κ3) is 3.55. The SMILES string of the molecule is Cc1cnc(C(=O)CCCN(C)C)s1. The first-order valence-electron chi connectivity index (χ1n) is 4.70. The molecule has 0 saturated carbocycles. The molecule has 0 radical (unpaired) electrons. The third-order valence-electron chi connectivity index (χ3n) is 1.87. The minimum atomic E-state index is 0.171. The fourth-order valence-corrected chi connectivity index (χ4v) is 1.88. The van der Waals surface area contributed by atoms with E-state index in [1.807, 2.05) is 21.0 Å². The van der Waals surface area contributed by atoms with Gasteiger partial charge in [-0.2, -0.15) is 0 Å². The largest absolute Gasteiger partial charge is 0.309 e. The lowest BCUT2D eigenvalue weighted by molar-refractivity contribution is 0.0977. The van der Waals surface area contributed by atoms with Gasteiger partial charge in [0, 0.05) is 17.5 Å². The Labute approximate surface area is 88.8 Å². The Balaban J connectivity index is 2.36. The summed E-state index contributed by atoms with van der Waals surface area (Å²) in [6.45, 7) is 2.92. The van der Waals surface area contributed by atoms with Gasteiger partial charge < -0.3 is 4.90 Å². The van der Waals surface area contributed by atoms with Crippen LogP contribution in [-0.2, 0) is 0 Å². The van der Waals surface area contributed by atoms with Gasteiger partial charge in [-0.25, -0.2) is 4.98 Å². The van der Waals surface area contributed by atoms with E-state index in [4.69, 9.17) is 0 Å². The second-order valence-electron chi connectivity index (χ2n) is 3.61. The lowest BCUT2D eigenvalue weighted by Crippen LogP contribution is -2.14. The topological polar surface area (TPSA) is 33.2 Å². The van der Waals surface area contributed by atoms with Crippen LogP contribution in [0.15, 0.2) is 6.20 Å². The zero-order valence-corrected chi connectivity index (χ0v) is 9.73. The van der Waals surface area contributed by atoms with Gasteiger partial charge >= 0.3 is 0 Å². The molecule has 0 unspecified atom stereocenters. The number of nitrogens with zero attached hydrogens (tertiary/aromatic N) is 2. The van der Waals surface area contributed by atoms with Crippen molar-refractivity contribution in [3.05, 3.63) is 16.1 Å². The van der Waals surface area contributed by atoms with Crippen molar-refractivity contribution >= 4 is 17.1 Å². The van der Waals surface area contributed by atoms with E-state index in [-0.39, 0.29) is 5.78 Å². The number of hydrogen-bond donors (Lipinski definition) is 0. The minimum Gasteiger partial charge on any atom is -0.309 e. The maximum atomic E-state index is 11.6. The van der Waals surface area contributed by atoms with Crippen molar-refractivity contribution in [2.75, 3.05) is 20.6 Å². The molecule has 0 N–H and O–H groups in total. The van der Waals surface area contributed by atoms with Crippen LogP contribution in [0.4, 0.5) is 0 Å². The van der Waals surface area contributed by atoms with Crippen LogP contribution in [0.3, 0.4) is 0 Å². The zero-order valence-electron chi connectivity index (χ0n) is 8.91. The smallest absolute Gasteiger partial charge is 0.191 e. The van der Waals surface area contributed by atoms with Gasteiger partial charge in [0.15, 0.2) is 10.8 Å². The van der Waals surface area contributed by atoms with E-state index in [9.17, 15) is 4.79 Å². The van der Waals surface area contributed by atoms with E-state index < -0.39 is 0 Å². The summed E-state index contributed by atoms with van der Waals surface area (Å²) in [6, 6.07) is 0. The summed E-state index contributed by atoms with van der Waals surface area (Å²) in [5.74, 6) is 0.171. The molecule has 0 amide bonds. The fourth-order valence-electron chi connectivity index (χ4n) is 1.15. The molecule has 0 aliphatic heterocycles. The molecule has 1 heterocycles. The molecule has 4 heteroatoms. The van der Waals surface area contributed by atoms with Gasteiger partial charge in [0.25, 0.3) is 0 Å². The van der Waals surface area contributed by atoms with Crippen LogP contribution in [0.2, 0.25) is 0 Å². The van der Waals surface area contributed by atoms with Crippen molar-refractivity contribution in [3.63, 3.8) is 0 Å². The molecule has 78 valence electrons. The molecule has 1 aromatic rings. The van der Waals surface area contributed by atoms with Crippen LogP contribution in [0.1, 0.15) is 27.5 Å².